The van der Waals surface area contributed by atoms with E-state index < -0.39 is 22.7 Å². The van der Waals surface area contributed by atoms with E-state index in [0.29, 0.717) is 0 Å². The Morgan fingerprint density at radius 2 is 1.94 bits per heavy atom. The number of rotatable bonds is 4. The minimum Gasteiger partial charge on any atom is -0.398 e. The highest BCUT2D eigenvalue weighted by Gasteiger charge is 2.26. The van der Waals surface area contributed by atoms with Crippen molar-refractivity contribution in [1.29, 1.82) is 0 Å². The first kappa shape index (κ1) is 14.6. The molecule has 0 unspecified atom stereocenters. The zero-order chi connectivity index (χ0) is 14.0. The molecule has 0 aliphatic carbocycles. The molecule has 5 nitrogen and oxygen atoms in total. The molecule has 0 aliphatic heterocycles. The van der Waals surface area contributed by atoms with E-state index in [1.807, 2.05) is 0 Å². The van der Waals surface area contributed by atoms with Crippen LogP contribution in [0.4, 0.5) is 24.5 Å². The highest BCUT2D eigenvalue weighted by Crippen LogP contribution is 2.23. The second-order valence-corrected chi connectivity index (χ2v) is 5.28. The lowest BCUT2D eigenvalue weighted by Gasteiger charge is -2.12. The normalized spacial score (nSPS) is 12.4. The first-order valence-electron chi connectivity index (χ1n) is 4.79. The smallest absolute Gasteiger partial charge is 0.398 e. The Balaban J connectivity index is 2.94. The summed E-state index contributed by atoms with van der Waals surface area (Å²) in [6, 6.07) is 3.49. The maximum absolute atomic E-state index is 12.0. The molecule has 102 valence electrons. The molecule has 0 heterocycles. The Labute approximate surface area is 102 Å². The molecule has 9 heteroatoms. The van der Waals surface area contributed by atoms with Gasteiger partial charge in [0.1, 0.15) is 11.4 Å². The number of benzene rings is 1. The minimum atomic E-state index is -4.36. The molecule has 1 aromatic carbocycles. The fourth-order valence-electron chi connectivity index (χ4n) is 1.22. The van der Waals surface area contributed by atoms with Crippen LogP contribution in [0.25, 0.3) is 0 Å². The van der Waals surface area contributed by atoms with E-state index in [1.54, 1.807) is 0 Å². The van der Waals surface area contributed by atoms with E-state index in [4.69, 9.17) is 5.73 Å². The zero-order valence-corrected chi connectivity index (χ0v) is 10.2. The highest BCUT2D eigenvalue weighted by molar-refractivity contribution is 7.89. The first-order valence-corrected chi connectivity index (χ1v) is 6.28. The Hall–Kier alpha value is -1.48. The molecular formula is C9H12F3N3O2S. The third-order valence-corrected chi connectivity index (χ3v) is 3.55. The summed E-state index contributed by atoms with van der Waals surface area (Å²) in [5.41, 5.74) is 5.45. The Bertz CT molecular complexity index is 528. The third-order valence-electron chi connectivity index (χ3n) is 2.06. The Kier molecular flexibility index (Phi) is 4.07. The van der Waals surface area contributed by atoms with E-state index in [9.17, 15) is 21.6 Å². The van der Waals surface area contributed by atoms with E-state index in [-0.39, 0.29) is 16.3 Å². The average molecular weight is 283 g/mol. The van der Waals surface area contributed by atoms with Gasteiger partial charge >= 0.3 is 6.18 Å². The summed E-state index contributed by atoms with van der Waals surface area (Å²) in [6.45, 7) is -1.22. The van der Waals surface area contributed by atoms with Gasteiger partial charge in [0.15, 0.2) is 0 Å². The molecule has 0 amide bonds. The van der Waals surface area contributed by atoms with Crippen molar-refractivity contribution in [2.24, 2.45) is 0 Å². The van der Waals surface area contributed by atoms with Gasteiger partial charge < -0.3 is 11.1 Å². The van der Waals surface area contributed by atoms with Crippen LogP contribution in [-0.4, -0.2) is 28.2 Å². The zero-order valence-electron chi connectivity index (χ0n) is 9.38. The highest BCUT2D eigenvalue weighted by atomic mass is 32.2. The maximum atomic E-state index is 12.0. The van der Waals surface area contributed by atoms with Crippen LogP contribution >= 0.6 is 0 Å². The van der Waals surface area contributed by atoms with Gasteiger partial charge in [0.2, 0.25) is 10.0 Å². The van der Waals surface area contributed by atoms with Crippen molar-refractivity contribution in [3.8, 4) is 0 Å². The predicted octanol–water partition coefficient (Wildman–Crippen LogP) is 1.15. The van der Waals surface area contributed by atoms with Crippen molar-refractivity contribution in [2.45, 2.75) is 11.1 Å². The molecule has 18 heavy (non-hydrogen) atoms. The number of halogens is 3. The Morgan fingerprint density at radius 1 is 1.33 bits per heavy atom. The number of sulfonamides is 1. The van der Waals surface area contributed by atoms with E-state index in [1.165, 1.54) is 13.1 Å². The topological polar surface area (TPSA) is 84.2 Å². The summed E-state index contributed by atoms with van der Waals surface area (Å²) in [4.78, 5) is -0.178. The number of nitrogens with one attached hydrogen (secondary N) is 2. The summed E-state index contributed by atoms with van der Waals surface area (Å²) in [7, 11) is -2.50. The van der Waals surface area contributed by atoms with Gasteiger partial charge in [-0.1, -0.05) is 0 Å². The summed E-state index contributed by atoms with van der Waals surface area (Å²) in [5, 5.41) is 2.10. The largest absolute Gasteiger partial charge is 0.405 e. The lowest BCUT2D eigenvalue weighted by molar-refractivity contribution is -0.115. The molecule has 0 saturated carbocycles. The quantitative estimate of drug-likeness (QED) is 0.724. The molecular weight excluding hydrogens is 271 g/mol. The summed E-state index contributed by atoms with van der Waals surface area (Å²) >= 11 is 0. The number of hydrogen-bond donors (Lipinski definition) is 3. The molecule has 0 bridgehead atoms. The second kappa shape index (κ2) is 5.02. The van der Waals surface area contributed by atoms with E-state index in [0.717, 1.165) is 12.1 Å². The van der Waals surface area contributed by atoms with Gasteiger partial charge in [0, 0.05) is 5.69 Å². The van der Waals surface area contributed by atoms with Crippen molar-refractivity contribution >= 4 is 21.4 Å². The van der Waals surface area contributed by atoms with Crippen LogP contribution in [0.3, 0.4) is 0 Å². The number of anilines is 2. The van der Waals surface area contributed by atoms with Crippen LogP contribution in [0, 0.1) is 0 Å². The fourth-order valence-corrected chi connectivity index (χ4v) is 2.05. The van der Waals surface area contributed by atoms with Crippen LogP contribution in [0.2, 0.25) is 0 Å². The van der Waals surface area contributed by atoms with Gasteiger partial charge in [0.25, 0.3) is 0 Å². The van der Waals surface area contributed by atoms with Gasteiger partial charge in [-0.15, -0.1) is 0 Å². The SMILES string of the molecule is CNS(=O)(=O)c1ccc(NCC(F)(F)F)cc1N. The fraction of sp³-hybridized carbons (Fsp3) is 0.333. The van der Waals surface area contributed by atoms with Crippen LogP contribution in [0.5, 0.6) is 0 Å². The van der Waals surface area contributed by atoms with E-state index >= 15 is 0 Å². The van der Waals surface area contributed by atoms with Crippen LogP contribution in [0.1, 0.15) is 0 Å². The summed E-state index contributed by atoms with van der Waals surface area (Å²) < 4.78 is 60.9. The number of hydrogen-bond acceptors (Lipinski definition) is 4. The molecule has 0 aliphatic rings. The van der Waals surface area contributed by atoms with Crippen LogP contribution in [0.15, 0.2) is 23.1 Å². The standard InChI is InChI=1S/C9H12F3N3O2S/c1-14-18(16,17)8-3-2-6(4-7(8)13)15-5-9(10,11)12/h2-4,14-15H,5,13H2,1H3. The second-order valence-electron chi connectivity index (χ2n) is 3.43. The van der Waals surface area contributed by atoms with Gasteiger partial charge in [-0.2, -0.15) is 13.2 Å². The molecule has 1 aromatic rings. The molecule has 1 rings (SSSR count). The number of alkyl halides is 3. The van der Waals surface area contributed by atoms with Gasteiger partial charge in [-0.3, -0.25) is 0 Å². The van der Waals surface area contributed by atoms with Crippen molar-refractivity contribution in [3.05, 3.63) is 18.2 Å². The van der Waals surface area contributed by atoms with Crippen molar-refractivity contribution in [1.82, 2.24) is 4.72 Å². The summed E-state index contributed by atoms with van der Waals surface area (Å²) in [6.07, 6.45) is -4.36. The van der Waals surface area contributed by atoms with Crippen molar-refractivity contribution < 1.29 is 21.6 Å². The minimum absolute atomic E-state index is 0.0971. The van der Waals surface area contributed by atoms with Gasteiger partial charge in [0.05, 0.1) is 5.69 Å². The van der Waals surface area contributed by atoms with Crippen LogP contribution in [-0.2, 0) is 10.0 Å². The molecule has 0 aromatic heterocycles. The van der Waals surface area contributed by atoms with E-state index in [2.05, 4.69) is 10.0 Å². The lowest BCUT2D eigenvalue weighted by Crippen LogP contribution is -2.22. The summed E-state index contributed by atoms with van der Waals surface area (Å²) in [5.74, 6) is 0. The molecule has 0 saturated heterocycles. The molecule has 0 fully saturated rings. The number of nitrogens with two attached hydrogens (primary N) is 1. The van der Waals surface area contributed by atoms with Gasteiger partial charge in [-0.05, 0) is 25.2 Å². The molecule has 4 N–H and O–H groups in total. The molecule has 0 spiro atoms. The monoisotopic (exact) mass is 283 g/mol. The van der Waals surface area contributed by atoms with Crippen LogP contribution < -0.4 is 15.8 Å². The van der Waals surface area contributed by atoms with Gasteiger partial charge in [-0.25, -0.2) is 13.1 Å². The average Bonchev–Trinajstić information content (AvgIpc) is 2.25. The number of nitrogen functional groups attached to an aromatic ring is 1. The molecule has 0 atom stereocenters. The predicted molar refractivity (Wildman–Crippen MR) is 61.6 cm³/mol. The lowest BCUT2D eigenvalue weighted by atomic mass is 10.3. The van der Waals surface area contributed by atoms with Crippen molar-refractivity contribution in [2.75, 3.05) is 24.6 Å². The third kappa shape index (κ3) is 3.77. The maximum Gasteiger partial charge on any atom is 0.405 e. The first-order chi connectivity index (χ1) is 8.15. The molecule has 0 radical (unpaired) electrons. The van der Waals surface area contributed by atoms with Crippen molar-refractivity contribution in [3.63, 3.8) is 0 Å². The Morgan fingerprint density at radius 3 is 2.39 bits per heavy atom.